The summed E-state index contributed by atoms with van der Waals surface area (Å²) in [5.41, 5.74) is 6.80. The smallest absolute Gasteiger partial charge is 0.388 e. The summed E-state index contributed by atoms with van der Waals surface area (Å²) in [6.07, 6.45) is -3.66. The minimum atomic E-state index is -4.84. The Morgan fingerprint density at radius 2 is 1.96 bits per heavy atom. The second-order valence-corrected chi connectivity index (χ2v) is 5.68. The Balaban J connectivity index is 1.77. The van der Waals surface area contributed by atoms with E-state index in [4.69, 9.17) is 5.73 Å². The van der Waals surface area contributed by atoms with Gasteiger partial charge in [0.05, 0.1) is 12.1 Å². The molecule has 12 heteroatoms. The van der Waals surface area contributed by atoms with Crippen molar-refractivity contribution in [2.75, 3.05) is 5.73 Å². The molecule has 3 aromatic heterocycles. The number of imidazole rings is 1. The number of anilines is 1. The van der Waals surface area contributed by atoms with Crippen LogP contribution in [-0.4, -0.2) is 31.2 Å². The second-order valence-electron chi connectivity index (χ2n) is 5.68. The van der Waals surface area contributed by atoms with E-state index < -0.39 is 18.1 Å². The number of fused-ring (bicyclic) bond motifs is 1. The Labute approximate surface area is 153 Å². The van der Waals surface area contributed by atoms with Gasteiger partial charge in [-0.15, -0.1) is 13.2 Å². The summed E-state index contributed by atoms with van der Waals surface area (Å²) in [7, 11) is 0. The summed E-state index contributed by atoms with van der Waals surface area (Å²) in [4.78, 5) is 7.94. The Morgan fingerprint density at radius 1 is 1.14 bits per heavy atom. The van der Waals surface area contributed by atoms with Crippen molar-refractivity contribution < 1.29 is 26.9 Å². The Kier molecular flexibility index (Phi) is 4.09. The number of halogens is 4. The molecule has 0 spiro atoms. The number of benzene rings is 1. The lowest BCUT2D eigenvalue weighted by atomic mass is 10.2. The van der Waals surface area contributed by atoms with Crippen LogP contribution in [0.4, 0.5) is 23.4 Å². The van der Waals surface area contributed by atoms with Crippen LogP contribution in [-0.2, 0) is 6.54 Å². The number of nitrogen functional groups attached to an aromatic ring is 1. The number of hydrogen-bond acceptors (Lipinski definition) is 7. The summed E-state index contributed by atoms with van der Waals surface area (Å²) in [6.45, 7) is 0.0262. The van der Waals surface area contributed by atoms with Crippen LogP contribution in [0.1, 0.15) is 5.56 Å². The monoisotopic (exact) mass is 394 g/mol. The number of rotatable bonds is 4. The van der Waals surface area contributed by atoms with E-state index >= 15 is 0 Å². The van der Waals surface area contributed by atoms with E-state index in [-0.39, 0.29) is 29.4 Å². The van der Waals surface area contributed by atoms with Gasteiger partial charge in [-0.1, -0.05) is 12.1 Å². The van der Waals surface area contributed by atoms with Crippen molar-refractivity contribution in [1.82, 2.24) is 24.8 Å². The molecule has 3 heterocycles. The highest BCUT2D eigenvalue weighted by Gasteiger charge is 2.31. The van der Waals surface area contributed by atoms with E-state index in [0.29, 0.717) is 11.1 Å². The van der Waals surface area contributed by atoms with Gasteiger partial charge in [-0.25, -0.2) is 19.0 Å². The number of nitrogens with two attached hydrogens (primary N) is 1. The highest BCUT2D eigenvalue weighted by atomic mass is 19.4. The lowest BCUT2D eigenvalue weighted by Crippen LogP contribution is -2.17. The van der Waals surface area contributed by atoms with Gasteiger partial charge in [-0.05, 0) is 28.0 Å². The summed E-state index contributed by atoms with van der Waals surface area (Å²) >= 11 is 0. The predicted octanol–water partition coefficient (Wildman–Crippen LogP) is 3.15. The van der Waals surface area contributed by atoms with Crippen molar-refractivity contribution in [1.29, 1.82) is 0 Å². The predicted molar refractivity (Wildman–Crippen MR) is 87.4 cm³/mol. The number of nitrogens with zero attached hydrogens (tertiary/aromatic N) is 5. The summed E-state index contributed by atoms with van der Waals surface area (Å²) in [5, 5.41) is 7.18. The largest absolute Gasteiger partial charge is 0.574 e. The van der Waals surface area contributed by atoms with Crippen molar-refractivity contribution in [2.45, 2.75) is 12.9 Å². The van der Waals surface area contributed by atoms with Gasteiger partial charge in [0.25, 0.3) is 0 Å². The maximum Gasteiger partial charge on any atom is 0.574 e. The van der Waals surface area contributed by atoms with Crippen molar-refractivity contribution in [2.24, 2.45) is 0 Å². The molecule has 0 amide bonds. The minimum Gasteiger partial charge on any atom is -0.388 e. The molecule has 0 fully saturated rings. The number of aromatic nitrogens is 5. The van der Waals surface area contributed by atoms with Crippen LogP contribution in [0, 0.1) is 5.82 Å². The fourth-order valence-electron chi connectivity index (χ4n) is 2.69. The van der Waals surface area contributed by atoms with E-state index in [0.717, 1.165) is 6.07 Å². The van der Waals surface area contributed by atoms with Crippen molar-refractivity contribution in [3.63, 3.8) is 0 Å². The van der Waals surface area contributed by atoms with Crippen LogP contribution in [0.3, 0.4) is 0 Å². The van der Waals surface area contributed by atoms with Gasteiger partial charge in [0.15, 0.2) is 17.3 Å². The first-order valence-corrected chi connectivity index (χ1v) is 7.75. The van der Waals surface area contributed by atoms with Gasteiger partial charge in [0, 0.05) is 12.3 Å². The molecule has 4 aromatic rings. The van der Waals surface area contributed by atoms with E-state index in [1.165, 1.54) is 29.0 Å². The molecule has 2 N–H and O–H groups in total. The zero-order valence-electron chi connectivity index (χ0n) is 13.8. The summed E-state index contributed by atoms with van der Waals surface area (Å²) in [5.74, 6) is -1.00. The maximum atomic E-state index is 14.4. The van der Waals surface area contributed by atoms with Gasteiger partial charge in [0.2, 0.25) is 5.88 Å². The van der Waals surface area contributed by atoms with Crippen molar-refractivity contribution >= 4 is 16.9 Å². The van der Waals surface area contributed by atoms with Crippen LogP contribution >= 0.6 is 0 Å². The topological polar surface area (TPSA) is 105 Å². The molecule has 144 valence electrons. The average Bonchev–Trinajstić information content (AvgIpc) is 3.19. The Bertz CT molecular complexity index is 1140. The third-order valence-electron chi connectivity index (χ3n) is 3.80. The van der Waals surface area contributed by atoms with Gasteiger partial charge in [0.1, 0.15) is 11.3 Å². The van der Waals surface area contributed by atoms with E-state index in [2.05, 4.69) is 29.6 Å². The first kappa shape index (κ1) is 17.7. The molecule has 0 aliphatic carbocycles. The molecule has 0 atom stereocenters. The number of alkyl halides is 3. The van der Waals surface area contributed by atoms with Crippen LogP contribution in [0.5, 0.6) is 5.88 Å². The molecule has 4 rings (SSSR count). The Hall–Kier alpha value is -3.70. The molecule has 0 radical (unpaired) electrons. The quantitative estimate of drug-likeness (QED) is 0.530. The fraction of sp³-hybridized carbons (Fsp3) is 0.125. The lowest BCUT2D eigenvalue weighted by molar-refractivity contribution is -0.276. The molecular formula is C16H10F4N6O2. The second kappa shape index (κ2) is 6.48. The summed E-state index contributed by atoms with van der Waals surface area (Å²) in [6, 6.07) is 6.78. The van der Waals surface area contributed by atoms with E-state index in [1.54, 1.807) is 6.07 Å². The third kappa shape index (κ3) is 3.31. The molecule has 1 aromatic carbocycles. The molecule has 8 nitrogen and oxygen atoms in total. The van der Waals surface area contributed by atoms with Gasteiger partial charge >= 0.3 is 6.36 Å². The highest BCUT2D eigenvalue weighted by molar-refractivity contribution is 5.82. The van der Waals surface area contributed by atoms with E-state index in [9.17, 15) is 17.6 Å². The molecule has 0 bridgehead atoms. The lowest BCUT2D eigenvalue weighted by Gasteiger charge is -2.10. The van der Waals surface area contributed by atoms with Gasteiger partial charge in [-0.2, -0.15) is 0 Å². The van der Waals surface area contributed by atoms with E-state index in [1.807, 2.05) is 0 Å². The Morgan fingerprint density at radius 3 is 2.61 bits per heavy atom. The molecule has 28 heavy (non-hydrogen) atoms. The molecular weight excluding hydrogens is 384 g/mol. The van der Waals surface area contributed by atoms with Crippen LogP contribution < -0.4 is 10.5 Å². The molecule has 0 saturated carbocycles. The number of para-hydroxylation sites is 1. The van der Waals surface area contributed by atoms with Crippen LogP contribution in [0.25, 0.3) is 22.6 Å². The highest BCUT2D eigenvalue weighted by Crippen LogP contribution is 2.29. The van der Waals surface area contributed by atoms with Crippen molar-refractivity contribution in [3.8, 4) is 17.4 Å². The zero-order valence-corrected chi connectivity index (χ0v) is 13.8. The first-order valence-electron chi connectivity index (χ1n) is 7.75. The van der Waals surface area contributed by atoms with Crippen LogP contribution in [0.2, 0.25) is 0 Å². The first-order chi connectivity index (χ1) is 13.3. The SMILES string of the molecule is Nc1nonc1-c1nc2cccc(F)c2n1Cc1ccc(OC(F)(F)F)nc1. The zero-order chi connectivity index (χ0) is 19.9. The maximum absolute atomic E-state index is 14.4. The number of pyridine rings is 1. The van der Waals surface area contributed by atoms with Crippen molar-refractivity contribution in [3.05, 3.63) is 47.9 Å². The molecule has 0 unspecified atom stereocenters. The van der Waals surface area contributed by atoms with Crippen LogP contribution in [0.15, 0.2) is 41.2 Å². The standard InChI is InChI=1S/C16H10F4N6O2/c17-9-2-1-3-10-13(9)26(15(23-10)12-14(21)25-28-24-12)7-8-4-5-11(22-6-8)27-16(18,19)20/h1-6H,7H2,(H2,21,25). The van der Waals surface area contributed by atoms with Gasteiger partial charge in [-0.3, -0.25) is 0 Å². The number of hydrogen-bond donors (Lipinski definition) is 1. The number of ether oxygens (including phenoxy) is 1. The summed E-state index contributed by atoms with van der Waals surface area (Å²) < 4.78 is 61.0. The minimum absolute atomic E-state index is 0.0262. The van der Waals surface area contributed by atoms with Gasteiger partial charge < -0.3 is 15.0 Å². The molecule has 0 saturated heterocycles. The molecule has 0 aliphatic heterocycles. The molecule has 0 aliphatic rings. The average molecular weight is 394 g/mol. The third-order valence-corrected chi connectivity index (χ3v) is 3.80. The normalized spacial score (nSPS) is 11.9. The fourth-order valence-corrected chi connectivity index (χ4v) is 2.69.